The molecule has 28 heavy (non-hydrogen) atoms. The van der Waals surface area contributed by atoms with Gasteiger partial charge in [0, 0.05) is 12.8 Å². The van der Waals surface area contributed by atoms with E-state index in [2.05, 4.69) is 16.4 Å². The van der Waals surface area contributed by atoms with Gasteiger partial charge in [-0.05, 0) is 50.6 Å². The van der Waals surface area contributed by atoms with Gasteiger partial charge in [0.25, 0.3) is 0 Å². The Morgan fingerprint density at radius 2 is 1.86 bits per heavy atom. The van der Waals surface area contributed by atoms with E-state index in [0.717, 1.165) is 26.5 Å². The van der Waals surface area contributed by atoms with E-state index >= 15 is 0 Å². The lowest BCUT2D eigenvalue weighted by Crippen LogP contribution is -2.26. The maximum atomic E-state index is 12.4. The molecule has 3 aromatic rings. The molecule has 1 unspecified atom stereocenters. The minimum Gasteiger partial charge on any atom is -0.490 e. The number of aromatic nitrogens is 1. The van der Waals surface area contributed by atoms with Crippen LogP contribution in [0.5, 0.6) is 11.5 Å². The second-order valence-corrected chi connectivity index (χ2v) is 7.55. The zero-order valence-corrected chi connectivity index (χ0v) is 17.3. The van der Waals surface area contributed by atoms with Gasteiger partial charge in [-0.25, -0.2) is 4.98 Å². The van der Waals surface area contributed by atoms with Crippen LogP contribution in [-0.2, 0) is 11.2 Å². The fourth-order valence-electron chi connectivity index (χ4n) is 2.98. The Hall–Kier alpha value is -2.60. The molecule has 1 aromatic heterocycles. The zero-order chi connectivity index (χ0) is 19.9. The number of thiazole rings is 1. The van der Waals surface area contributed by atoms with Gasteiger partial charge in [0.15, 0.2) is 11.5 Å². The molecular formula is C22H26N2O3S. The first-order valence-corrected chi connectivity index (χ1v) is 10.5. The number of para-hydroxylation sites is 1. The minimum absolute atomic E-state index is 0.0126. The van der Waals surface area contributed by atoms with Gasteiger partial charge in [-0.3, -0.25) is 4.79 Å². The number of fused-ring (bicyclic) bond motifs is 1. The Morgan fingerprint density at radius 3 is 2.61 bits per heavy atom. The first-order chi connectivity index (χ1) is 13.6. The Balaban J connectivity index is 1.59. The van der Waals surface area contributed by atoms with E-state index < -0.39 is 0 Å². The molecule has 0 radical (unpaired) electrons. The SMILES string of the molecule is CCOc1ccc(C(C)NC(=O)CCc2nc3ccccc3s2)cc1OCC. The molecule has 1 atom stereocenters. The van der Waals surface area contributed by atoms with Crippen LogP contribution in [0.3, 0.4) is 0 Å². The highest BCUT2D eigenvalue weighted by Gasteiger charge is 2.14. The van der Waals surface area contributed by atoms with Gasteiger partial charge in [0.1, 0.15) is 0 Å². The van der Waals surface area contributed by atoms with Crippen molar-refractivity contribution in [1.29, 1.82) is 0 Å². The minimum atomic E-state index is -0.113. The van der Waals surface area contributed by atoms with Crippen LogP contribution in [0.15, 0.2) is 42.5 Å². The second kappa shape index (κ2) is 9.55. The number of hydrogen-bond donors (Lipinski definition) is 1. The summed E-state index contributed by atoms with van der Waals surface area (Å²) in [5.41, 5.74) is 1.98. The van der Waals surface area contributed by atoms with Crippen LogP contribution >= 0.6 is 11.3 Å². The predicted molar refractivity (Wildman–Crippen MR) is 113 cm³/mol. The van der Waals surface area contributed by atoms with Crippen LogP contribution in [0.1, 0.15) is 43.8 Å². The van der Waals surface area contributed by atoms with Crippen molar-refractivity contribution in [1.82, 2.24) is 10.3 Å². The van der Waals surface area contributed by atoms with Gasteiger partial charge in [0.2, 0.25) is 5.91 Å². The number of carbonyl (C=O) groups excluding carboxylic acids is 1. The standard InChI is InChI=1S/C22H26N2O3S/c1-4-26-18-11-10-16(14-19(18)27-5-2)15(3)23-21(25)12-13-22-24-17-8-6-7-9-20(17)28-22/h6-11,14-15H,4-5,12-13H2,1-3H3,(H,23,25). The molecule has 1 N–H and O–H groups in total. The first kappa shape index (κ1) is 20.1. The Morgan fingerprint density at radius 1 is 1.11 bits per heavy atom. The summed E-state index contributed by atoms with van der Waals surface area (Å²) in [4.78, 5) is 17.0. The molecule has 0 aliphatic rings. The molecule has 0 aliphatic carbocycles. The monoisotopic (exact) mass is 398 g/mol. The normalized spacial score (nSPS) is 12.0. The average Bonchev–Trinajstić information content (AvgIpc) is 3.11. The Bertz CT molecular complexity index is 905. The van der Waals surface area contributed by atoms with Crippen molar-refractivity contribution < 1.29 is 14.3 Å². The fraction of sp³-hybridized carbons (Fsp3) is 0.364. The lowest BCUT2D eigenvalue weighted by atomic mass is 10.1. The van der Waals surface area contributed by atoms with Gasteiger partial charge in [-0.15, -0.1) is 11.3 Å². The van der Waals surface area contributed by atoms with Crippen molar-refractivity contribution in [3.05, 3.63) is 53.0 Å². The average molecular weight is 399 g/mol. The van der Waals surface area contributed by atoms with Crippen molar-refractivity contribution in [2.45, 2.75) is 39.7 Å². The van der Waals surface area contributed by atoms with Crippen molar-refractivity contribution >= 4 is 27.5 Å². The summed E-state index contributed by atoms with van der Waals surface area (Å²) >= 11 is 1.65. The third-order valence-corrected chi connectivity index (χ3v) is 5.45. The largest absolute Gasteiger partial charge is 0.490 e. The lowest BCUT2D eigenvalue weighted by molar-refractivity contribution is -0.121. The molecule has 5 nitrogen and oxygen atoms in total. The lowest BCUT2D eigenvalue weighted by Gasteiger charge is -2.17. The van der Waals surface area contributed by atoms with Crippen LogP contribution in [-0.4, -0.2) is 24.1 Å². The summed E-state index contributed by atoms with van der Waals surface area (Å²) < 4.78 is 12.4. The molecule has 1 amide bonds. The highest BCUT2D eigenvalue weighted by atomic mass is 32.1. The van der Waals surface area contributed by atoms with Crippen LogP contribution in [0.4, 0.5) is 0 Å². The molecule has 6 heteroatoms. The van der Waals surface area contributed by atoms with E-state index in [1.54, 1.807) is 11.3 Å². The van der Waals surface area contributed by atoms with E-state index in [4.69, 9.17) is 9.47 Å². The quantitative estimate of drug-likeness (QED) is 0.557. The maximum absolute atomic E-state index is 12.4. The van der Waals surface area contributed by atoms with Crippen LogP contribution < -0.4 is 14.8 Å². The Kier molecular flexibility index (Phi) is 6.87. The number of nitrogens with zero attached hydrogens (tertiary/aromatic N) is 1. The number of carbonyl (C=O) groups is 1. The van der Waals surface area contributed by atoms with Gasteiger partial charge in [-0.1, -0.05) is 18.2 Å². The van der Waals surface area contributed by atoms with Crippen molar-refractivity contribution in [3.63, 3.8) is 0 Å². The van der Waals surface area contributed by atoms with Crippen LogP contribution in [0.25, 0.3) is 10.2 Å². The molecule has 2 aromatic carbocycles. The zero-order valence-electron chi connectivity index (χ0n) is 16.5. The summed E-state index contributed by atoms with van der Waals surface area (Å²) in [5, 5.41) is 4.05. The Labute approximate surface area is 169 Å². The number of nitrogens with one attached hydrogen (secondary N) is 1. The molecule has 1 heterocycles. The van der Waals surface area contributed by atoms with E-state index in [1.165, 1.54) is 0 Å². The predicted octanol–water partition coefficient (Wildman–Crippen LogP) is 4.90. The molecule has 0 saturated heterocycles. The fourth-order valence-corrected chi connectivity index (χ4v) is 3.95. The van der Waals surface area contributed by atoms with Gasteiger partial charge in [-0.2, -0.15) is 0 Å². The highest BCUT2D eigenvalue weighted by Crippen LogP contribution is 2.31. The summed E-state index contributed by atoms with van der Waals surface area (Å²) in [5.74, 6) is 1.44. The number of ether oxygens (including phenoxy) is 2. The maximum Gasteiger partial charge on any atom is 0.220 e. The highest BCUT2D eigenvalue weighted by molar-refractivity contribution is 7.18. The first-order valence-electron chi connectivity index (χ1n) is 9.64. The smallest absolute Gasteiger partial charge is 0.220 e. The van der Waals surface area contributed by atoms with Gasteiger partial charge >= 0.3 is 0 Å². The summed E-state index contributed by atoms with van der Waals surface area (Å²) in [6.45, 7) is 7.00. The van der Waals surface area contributed by atoms with E-state index in [9.17, 15) is 4.79 Å². The third-order valence-electron chi connectivity index (χ3n) is 4.35. The molecular weight excluding hydrogens is 372 g/mol. The number of benzene rings is 2. The molecule has 0 saturated carbocycles. The van der Waals surface area contributed by atoms with E-state index in [-0.39, 0.29) is 11.9 Å². The molecule has 0 fully saturated rings. The van der Waals surface area contributed by atoms with Crippen molar-refractivity contribution in [2.24, 2.45) is 0 Å². The molecule has 3 rings (SSSR count). The molecule has 0 spiro atoms. The molecule has 0 bridgehead atoms. The van der Waals surface area contributed by atoms with Crippen molar-refractivity contribution in [3.8, 4) is 11.5 Å². The summed E-state index contributed by atoms with van der Waals surface area (Å²) in [6.07, 6.45) is 1.06. The topological polar surface area (TPSA) is 60.5 Å². The number of aryl methyl sites for hydroxylation is 1. The summed E-state index contributed by atoms with van der Waals surface area (Å²) in [6, 6.07) is 13.7. The summed E-state index contributed by atoms with van der Waals surface area (Å²) in [7, 11) is 0. The van der Waals surface area contributed by atoms with E-state index in [0.29, 0.717) is 31.8 Å². The van der Waals surface area contributed by atoms with Crippen LogP contribution in [0, 0.1) is 0 Å². The molecule has 148 valence electrons. The van der Waals surface area contributed by atoms with E-state index in [1.807, 2.05) is 57.2 Å². The second-order valence-electron chi connectivity index (χ2n) is 6.44. The number of hydrogen-bond acceptors (Lipinski definition) is 5. The third kappa shape index (κ3) is 5.01. The molecule has 0 aliphatic heterocycles. The van der Waals surface area contributed by atoms with Crippen molar-refractivity contribution in [2.75, 3.05) is 13.2 Å². The number of amides is 1. The van der Waals surface area contributed by atoms with Crippen LogP contribution in [0.2, 0.25) is 0 Å². The number of rotatable bonds is 9. The van der Waals surface area contributed by atoms with Gasteiger partial charge in [0.05, 0.1) is 34.5 Å². The van der Waals surface area contributed by atoms with Gasteiger partial charge < -0.3 is 14.8 Å².